The van der Waals surface area contributed by atoms with Gasteiger partial charge >= 0.3 is 12.4 Å². The van der Waals surface area contributed by atoms with E-state index in [2.05, 4.69) is 6.58 Å². The second-order valence-corrected chi connectivity index (χ2v) is 4.89. The van der Waals surface area contributed by atoms with Crippen molar-refractivity contribution in [3.8, 4) is 5.75 Å². The molecule has 3 nitrogen and oxygen atoms in total. The van der Waals surface area contributed by atoms with Crippen LogP contribution in [0.3, 0.4) is 0 Å². The maximum absolute atomic E-state index is 13.2. The van der Waals surface area contributed by atoms with Gasteiger partial charge in [0.2, 0.25) is 0 Å². The molecule has 0 aliphatic heterocycles. The van der Waals surface area contributed by atoms with Crippen LogP contribution >= 0.6 is 0 Å². The monoisotopic (exact) mass is 351 g/mol. The third kappa shape index (κ3) is 3.10. The number of hydrogen-bond donors (Lipinski definition) is 0. The molecule has 2 aromatic rings. The summed E-state index contributed by atoms with van der Waals surface area (Å²) < 4.78 is 83.6. The van der Waals surface area contributed by atoms with Gasteiger partial charge in [-0.3, -0.25) is 4.79 Å². The molecule has 0 bridgehead atoms. The van der Waals surface area contributed by atoms with Gasteiger partial charge in [0, 0.05) is 18.0 Å². The number of alkyl halides is 6. The smallest absolute Gasteiger partial charge is 0.454 e. The molecule has 0 fully saturated rings. The fourth-order valence-corrected chi connectivity index (χ4v) is 2.37. The molecule has 0 N–H and O–H groups in total. The summed E-state index contributed by atoms with van der Waals surface area (Å²) in [6.07, 6.45) is -9.21. The molecule has 9 heteroatoms. The van der Waals surface area contributed by atoms with Crippen molar-refractivity contribution in [2.45, 2.75) is 12.4 Å². The summed E-state index contributed by atoms with van der Waals surface area (Å²) in [5.41, 5.74) is -3.25. The van der Waals surface area contributed by atoms with Crippen LogP contribution in [0, 0.1) is 0 Å². The van der Waals surface area contributed by atoms with E-state index in [4.69, 9.17) is 4.74 Å². The van der Waals surface area contributed by atoms with Gasteiger partial charge in [-0.1, -0.05) is 12.7 Å². The van der Waals surface area contributed by atoms with Gasteiger partial charge in [-0.05, 0) is 18.2 Å². The molecule has 130 valence electrons. The van der Waals surface area contributed by atoms with Crippen LogP contribution in [0.4, 0.5) is 26.3 Å². The predicted molar refractivity (Wildman–Crippen MR) is 74.0 cm³/mol. The molecule has 0 amide bonds. The van der Waals surface area contributed by atoms with Crippen molar-refractivity contribution in [2.24, 2.45) is 7.05 Å². The van der Waals surface area contributed by atoms with Crippen LogP contribution in [0.25, 0.3) is 10.9 Å². The number of ether oxygens (including phenoxy) is 1. The van der Waals surface area contributed by atoms with Gasteiger partial charge in [-0.2, -0.15) is 26.3 Å². The van der Waals surface area contributed by atoms with E-state index in [-0.39, 0.29) is 17.9 Å². The molecule has 0 saturated heterocycles. The third-order valence-electron chi connectivity index (χ3n) is 3.29. The Hall–Kier alpha value is -2.45. The Morgan fingerprint density at radius 2 is 1.88 bits per heavy atom. The summed E-state index contributed by atoms with van der Waals surface area (Å²) >= 11 is 0. The van der Waals surface area contributed by atoms with Crippen molar-refractivity contribution < 1.29 is 35.9 Å². The van der Waals surface area contributed by atoms with E-state index in [1.807, 2.05) is 0 Å². The zero-order valence-electron chi connectivity index (χ0n) is 12.3. The highest BCUT2D eigenvalue weighted by atomic mass is 19.4. The minimum absolute atomic E-state index is 0.00696. The van der Waals surface area contributed by atoms with Crippen molar-refractivity contribution in [3.05, 3.63) is 42.1 Å². The minimum Gasteiger partial charge on any atom is -0.490 e. The zero-order chi connectivity index (χ0) is 18.3. The molecule has 2 rings (SSSR count). The number of carbonyl (C=O) groups is 1. The molecule has 1 aromatic heterocycles. The highest BCUT2D eigenvalue weighted by Crippen LogP contribution is 2.41. The number of fused-ring (bicyclic) bond motifs is 1. The second-order valence-electron chi connectivity index (χ2n) is 4.89. The molecule has 0 aliphatic rings. The van der Waals surface area contributed by atoms with E-state index < -0.39 is 34.8 Å². The lowest BCUT2D eigenvalue weighted by molar-refractivity contribution is -0.143. The number of nitrogens with zero attached hydrogens (tertiary/aromatic N) is 1. The third-order valence-corrected chi connectivity index (χ3v) is 3.29. The number of ketones is 1. The number of benzene rings is 1. The minimum atomic E-state index is -5.44. The van der Waals surface area contributed by atoms with E-state index in [1.54, 1.807) is 0 Å². The van der Waals surface area contributed by atoms with Gasteiger partial charge < -0.3 is 9.30 Å². The normalized spacial score (nSPS) is 12.5. The van der Waals surface area contributed by atoms with Crippen molar-refractivity contribution in [1.82, 2.24) is 4.57 Å². The molecule has 0 unspecified atom stereocenters. The highest BCUT2D eigenvalue weighted by molar-refractivity contribution is 6.12. The fourth-order valence-electron chi connectivity index (χ4n) is 2.37. The first-order valence-corrected chi connectivity index (χ1v) is 6.53. The van der Waals surface area contributed by atoms with Crippen molar-refractivity contribution in [3.63, 3.8) is 0 Å². The molecular weight excluding hydrogens is 340 g/mol. The number of rotatable bonds is 4. The van der Waals surface area contributed by atoms with Crippen molar-refractivity contribution in [2.75, 3.05) is 6.61 Å². The molecule has 24 heavy (non-hydrogen) atoms. The summed E-state index contributed by atoms with van der Waals surface area (Å²) in [7, 11) is 0.947. The van der Waals surface area contributed by atoms with Crippen molar-refractivity contribution in [1.29, 1.82) is 0 Å². The first-order valence-electron chi connectivity index (χ1n) is 6.53. The van der Waals surface area contributed by atoms with Crippen LogP contribution in [-0.4, -0.2) is 23.1 Å². The average Bonchev–Trinajstić information content (AvgIpc) is 2.75. The lowest BCUT2D eigenvalue weighted by Crippen LogP contribution is -2.26. The molecule has 1 heterocycles. The molecule has 0 radical (unpaired) electrons. The van der Waals surface area contributed by atoms with Crippen LogP contribution in [0.2, 0.25) is 0 Å². The lowest BCUT2D eigenvalue weighted by Gasteiger charge is -2.12. The molecular formula is C15H11F6NO2. The summed E-state index contributed by atoms with van der Waals surface area (Å²) in [6, 6.07) is 3.44. The van der Waals surface area contributed by atoms with Crippen LogP contribution in [0.1, 0.15) is 16.1 Å². The van der Waals surface area contributed by atoms with E-state index in [9.17, 15) is 31.1 Å². The topological polar surface area (TPSA) is 31.2 Å². The van der Waals surface area contributed by atoms with E-state index >= 15 is 0 Å². The Morgan fingerprint density at radius 3 is 2.38 bits per heavy atom. The van der Waals surface area contributed by atoms with Gasteiger partial charge in [-0.15, -0.1) is 0 Å². The Bertz CT molecular complexity index is 801. The van der Waals surface area contributed by atoms with Crippen molar-refractivity contribution >= 4 is 16.7 Å². The number of halogens is 6. The van der Waals surface area contributed by atoms with E-state index in [1.165, 1.54) is 12.1 Å². The quantitative estimate of drug-likeness (QED) is 0.461. The van der Waals surface area contributed by atoms with Gasteiger partial charge in [0.15, 0.2) is 0 Å². The van der Waals surface area contributed by atoms with E-state index in [0.29, 0.717) is 4.57 Å². The Morgan fingerprint density at radius 1 is 1.25 bits per heavy atom. The molecule has 0 saturated carbocycles. The Kier molecular flexibility index (Phi) is 4.38. The maximum atomic E-state index is 13.2. The fraction of sp³-hybridized carbons (Fsp3) is 0.267. The molecule has 0 aliphatic carbocycles. The second kappa shape index (κ2) is 5.88. The molecule has 0 atom stereocenters. The Balaban J connectivity index is 2.82. The summed E-state index contributed by atoms with van der Waals surface area (Å²) in [5, 5.41) is -0.478. The highest BCUT2D eigenvalue weighted by Gasteiger charge is 2.48. The summed E-state index contributed by atoms with van der Waals surface area (Å²) in [4.78, 5) is 11.6. The predicted octanol–water partition coefficient (Wildman–Crippen LogP) is 4.51. The van der Waals surface area contributed by atoms with Gasteiger partial charge in [0.1, 0.15) is 18.1 Å². The molecule has 1 aromatic carbocycles. The molecule has 0 spiro atoms. The van der Waals surface area contributed by atoms with Crippen LogP contribution in [-0.2, 0) is 13.2 Å². The van der Waals surface area contributed by atoms with Gasteiger partial charge in [0.05, 0.1) is 5.56 Å². The number of hydrogen-bond acceptors (Lipinski definition) is 2. The maximum Gasteiger partial charge on any atom is 0.454 e. The number of Topliss-reactive ketones (excluding diaryl/α,β-unsaturated/α-hetero) is 1. The summed E-state index contributed by atoms with van der Waals surface area (Å²) in [5.74, 6) is -2.53. The van der Waals surface area contributed by atoms with E-state index in [0.717, 1.165) is 19.2 Å². The standard InChI is InChI=1S/C15H11F6NO2/c1-3-6-24-8-4-5-10-9(7-8)11(13(23)15(19,20)21)12(22(10)2)14(16,17)18/h3-5,7H,1,6H2,2H3. The number of aromatic nitrogens is 1. The van der Waals surface area contributed by atoms with Crippen LogP contribution < -0.4 is 4.74 Å². The Labute approximate surface area is 132 Å². The van der Waals surface area contributed by atoms with Gasteiger partial charge in [0.25, 0.3) is 5.78 Å². The first-order chi connectivity index (χ1) is 11.0. The number of aryl methyl sites for hydroxylation is 1. The zero-order valence-corrected chi connectivity index (χ0v) is 12.3. The van der Waals surface area contributed by atoms with Gasteiger partial charge in [-0.25, -0.2) is 0 Å². The summed E-state index contributed by atoms with van der Waals surface area (Å²) in [6.45, 7) is 3.39. The largest absolute Gasteiger partial charge is 0.490 e. The average molecular weight is 351 g/mol. The first kappa shape index (κ1) is 17.9. The SMILES string of the molecule is C=CCOc1ccc2c(c1)c(C(=O)C(F)(F)F)c(C(F)(F)F)n2C. The number of carbonyl (C=O) groups excluding carboxylic acids is 1. The van der Waals surface area contributed by atoms with Crippen LogP contribution in [0.15, 0.2) is 30.9 Å². The van der Waals surface area contributed by atoms with Crippen LogP contribution in [0.5, 0.6) is 5.75 Å². The lowest BCUT2D eigenvalue weighted by atomic mass is 10.1.